The molecule has 0 amide bonds. The van der Waals surface area contributed by atoms with E-state index in [1.807, 2.05) is 19.9 Å². The van der Waals surface area contributed by atoms with Crippen molar-refractivity contribution in [3.05, 3.63) is 58.2 Å². The average Bonchev–Trinajstić information content (AvgIpc) is 3.61. The maximum atomic E-state index is 13.7. The predicted octanol–water partition coefficient (Wildman–Crippen LogP) is 5.78. The Morgan fingerprint density at radius 3 is 2.45 bits per heavy atom. The number of aryl methyl sites for hydroxylation is 5. The number of benzene rings is 1. The molecule has 0 aliphatic heterocycles. The van der Waals surface area contributed by atoms with Crippen LogP contribution < -0.4 is 0 Å². The van der Waals surface area contributed by atoms with Gasteiger partial charge >= 0.3 is 0 Å². The smallest absolute Gasteiger partial charge is 0.252 e. The molecule has 214 valence electrons. The lowest BCUT2D eigenvalue weighted by molar-refractivity contribution is -0.142. The van der Waals surface area contributed by atoms with E-state index < -0.39 is 5.92 Å². The molecule has 2 aromatic heterocycles. The molecule has 1 aromatic carbocycles. The highest BCUT2D eigenvalue weighted by atomic mass is 16.5. The van der Waals surface area contributed by atoms with E-state index in [9.17, 15) is 9.59 Å². The summed E-state index contributed by atoms with van der Waals surface area (Å²) in [5.41, 5.74) is 5.71. The van der Waals surface area contributed by atoms with Crippen molar-refractivity contribution in [1.82, 2.24) is 19.6 Å². The van der Waals surface area contributed by atoms with Crippen LogP contribution in [0.4, 0.5) is 0 Å². The van der Waals surface area contributed by atoms with Crippen LogP contribution in [-0.2, 0) is 40.0 Å². The van der Waals surface area contributed by atoms with Crippen molar-refractivity contribution in [1.29, 1.82) is 0 Å². The molecule has 7 nitrogen and oxygen atoms in total. The van der Waals surface area contributed by atoms with Crippen molar-refractivity contribution in [3.8, 4) is 0 Å². The molecule has 0 unspecified atom stereocenters. The lowest BCUT2D eigenvalue weighted by Gasteiger charge is -2.43. The summed E-state index contributed by atoms with van der Waals surface area (Å²) in [7, 11) is 1.75. The number of hydrogen-bond donors (Lipinski definition) is 0. The van der Waals surface area contributed by atoms with Gasteiger partial charge in [-0.3, -0.25) is 9.59 Å². The molecule has 0 spiro atoms. The van der Waals surface area contributed by atoms with Crippen molar-refractivity contribution in [2.75, 3.05) is 13.7 Å². The number of rotatable bonds is 11. The van der Waals surface area contributed by atoms with Crippen molar-refractivity contribution in [2.24, 2.45) is 17.3 Å². The number of hydrogen-bond acceptors (Lipinski definition) is 6. The fourth-order valence-electron chi connectivity index (χ4n) is 7.30. The SMILES string of the molecule is CCc1cc(CCC2(C3CCCC3)CC(=O)C(Cc3nc4nc(C)cc(C)n4n3)C(=O)C2)ccc1CCCOC. The molecule has 2 heterocycles. The maximum Gasteiger partial charge on any atom is 0.252 e. The maximum absolute atomic E-state index is 13.7. The Morgan fingerprint density at radius 1 is 1.00 bits per heavy atom. The average molecular weight is 545 g/mol. The minimum Gasteiger partial charge on any atom is -0.385 e. The number of fused-ring (bicyclic) bond motifs is 1. The van der Waals surface area contributed by atoms with Gasteiger partial charge in [-0.2, -0.15) is 4.98 Å². The molecule has 0 N–H and O–H groups in total. The first kappa shape index (κ1) is 28.6. The lowest BCUT2D eigenvalue weighted by atomic mass is 9.59. The quantitative estimate of drug-likeness (QED) is 0.225. The first-order valence-corrected chi connectivity index (χ1v) is 15.2. The normalized spacial score (nSPS) is 22.1. The lowest BCUT2D eigenvalue weighted by Crippen LogP contribution is -2.45. The second-order valence-corrected chi connectivity index (χ2v) is 12.2. The number of aromatic nitrogens is 4. The van der Waals surface area contributed by atoms with Crippen LogP contribution in [0.5, 0.6) is 0 Å². The monoisotopic (exact) mass is 544 g/mol. The van der Waals surface area contributed by atoms with Crippen LogP contribution in [0.2, 0.25) is 0 Å². The molecule has 0 atom stereocenters. The predicted molar refractivity (Wildman–Crippen MR) is 155 cm³/mol. The number of nitrogens with zero attached hydrogens (tertiary/aromatic N) is 4. The Hall–Kier alpha value is -2.93. The van der Waals surface area contributed by atoms with Crippen LogP contribution in [0.25, 0.3) is 5.78 Å². The molecular weight excluding hydrogens is 500 g/mol. The van der Waals surface area contributed by atoms with Gasteiger partial charge in [0.25, 0.3) is 5.78 Å². The van der Waals surface area contributed by atoms with Gasteiger partial charge in [-0.05, 0) is 92.9 Å². The molecular formula is C33H44N4O3. The van der Waals surface area contributed by atoms with Crippen LogP contribution in [0, 0.1) is 31.1 Å². The zero-order chi connectivity index (χ0) is 28.3. The van der Waals surface area contributed by atoms with Crippen molar-refractivity contribution >= 4 is 17.3 Å². The van der Waals surface area contributed by atoms with Gasteiger partial charge < -0.3 is 4.74 Å². The van der Waals surface area contributed by atoms with Gasteiger partial charge in [0.1, 0.15) is 11.6 Å². The highest BCUT2D eigenvalue weighted by Crippen LogP contribution is 2.51. The van der Waals surface area contributed by atoms with Gasteiger partial charge in [-0.1, -0.05) is 38.0 Å². The molecule has 2 aliphatic carbocycles. The Kier molecular flexibility index (Phi) is 8.79. The number of ketones is 2. The van der Waals surface area contributed by atoms with Gasteiger partial charge in [0.05, 0.1) is 5.92 Å². The number of carbonyl (C=O) groups is 2. The molecule has 0 bridgehead atoms. The zero-order valence-corrected chi connectivity index (χ0v) is 24.7. The second-order valence-electron chi connectivity index (χ2n) is 12.2. The van der Waals surface area contributed by atoms with Crippen LogP contribution in [0.15, 0.2) is 24.3 Å². The van der Waals surface area contributed by atoms with Crippen LogP contribution in [0.1, 0.15) is 92.2 Å². The van der Waals surface area contributed by atoms with E-state index in [2.05, 4.69) is 40.2 Å². The molecule has 40 heavy (non-hydrogen) atoms. The third kappa shape index (κ3) is 6.04. The number of ether oxygens (including phenoxy) is 1. The number of Topliss-reactive ketones (excluding diaryl/α,β-unsaturated/α-hetero) is 2. The Morgan fingerprint density at radius 2 is 1.75 bits per heavy atom. The van der Waals surface area contributed by atoms with Gasteiger partial charge in [-0.15, -0.1) is 5.10 Å². The Balaban J connectivity index is 1.32. The molecule has 3 aromatic rings. The van der Waals surface area contributed by atoms with Crippen LogP contribution in [0.3, 0.4) is 0 Å². The highest BCUT2D eigenvalue weighted by Gasteiger charge is 2.49. The first-order chi connectivity index (χ1) is 19.3. The van der Waals surface area contributed by atoms with E-state index in [1.54, 1.807) is 11.6 Å². The van der Waals surface area contributed by atoms with Crippen molar-refractivity contribution < 1.29 is 14.3 Å². The largest absolute Gasteiger partial charge is 0.385 e. The first-order valence-electron chi connectivity index (χ1n) is 15.2. The Labute approximate surface area is 238 Å². The van der Waals surface area contributed by atoms with Crippen LogP contribution in [-0.4, -0.2) is 44.9 Å². The third-order valence-corrected chi connectivity index (χ3v) is 9.46. The van der Waals surface area contributed by atoms with E-state index in [1.165, 1.54) is 29.5 Å². The van der Waals surface area contributed by atoms with E-state index in [4.69, 9.17) is 4.74 Å². The van der Waals surface area contributed by atoms with Gasteiger partial charge in [0.2, 0.25) is 0 Å². The van der Waals surface area contributed by atoms with E-state index in [0.29, 0.717) is 30.4 Å². The zero-order valence-electron chi connectivity index (χ0n) is 24.7. The number of carbonyl (C=O) groups excluding carboxylic acids is 2. The minimum atomic E-state index is -0.647. The summed E-state index contributed by atoms with van der Waals surface area (Å²) in [4.78, 5) is 36.4. The second kappa shape index (κ2) is 12.3. The number of methoxy groups -OCH3 is 1. The molecule has 5 rings (SSSR count). The Bertz CT molecular complexity index is 1350. The van der Waals surface area contributed by atoms with Crippen molar-refractivity contribution in [3.63, 3.8) is 0 Å². The summed E-state index contributed by atoms with van der Waals surface area (Å²) in [6, 6.07) is 8.84. The van der Waals surface area contributed by atoms with Gasteiger partial charge in [-0.25, -0.2) is 9.50 Å². The van der Waals surface area contributed by atoms with Gasteiger partial charge in [0, 0.05) is 44.4 Å². The van der Waals surface area contributed by atoms with E-state index >= 15 is 0 Å². The standard InChI is InChI=1S/C33H44N4O3/c1-5-25-18-24(12-13-26(25)9-8-16-40-4)14-15-33(27-10-6-7-11-27)20-29(38)28(30(39)21-33)19-31-35-32-34-22(2)17-23(3)37(32)36-31/h12-13,17-18,27-28H,5-11,14-16,19-21H2,1-4H3. The summed E-state index contributed by atoms with van der Waals surface area (Å²) >= 11 is 0. The summed E-state index contributed by atoms with van der Waals surface area (Å²) in [6.45, 7) is 6.89. The van der Waals surface area contributed by atoms with E-state index in [-0.39, 0.29) is 23.4 Å². The molecule has 2 fully saturated rings. The molecule has 2 saturated carbocycles. The molecule has 0 radical (unpaired) electrons. The third-order valence-electron chi connectivity index (χ3n) is 9.46. The summed E-state index contributed by atoms with van der Waals surface area (Å²) in [5, 5.41) is 4.58. The fourth-order valence-corrected chi connectivity index (χ4v) is 7.30. The minimum absolute atomic E-state index is 0.0746. The summed E-state index contributed by atoms with van der Waals surface area (Å²) in [5.74, 6) is 1.00. The van der Waals surface area contributed by atoms with Crippen molar-refractivity contribution in [2.45, 2.75) is 97.8 Å². The molecule has 7 heteroatoms. The summed E-state index contributed by atoms with van der Waals surface area (Å²) in [6.07, 6.45) is 10.8. The summed E-state index contributed by atoms with van der Waals surface area (Å²) < 4.78 is 6.95. The van der Waals surface area contributed by atoms with Gasteiger partial charge in [0.15, 0.2) is 5.82 Å². The van der Waals surface area contributed by atoms with E-state index in [0.717, 1.165) is 62.9 Å². The molecule has 2 aliphatic rings. The highest BCUT2D eigenvalue weighted by molar-refractivity contribution is 6.05. The topological polar surface area (TPSA) is 86.5 Å². The van der Waals surface area contributed by atoms with Crippen LogP contribution >= 0.6 is 0 Å². The fraction of sp³-hybridized carbons (Fsp3) is 0.606. The molecule has 0 saturated heterocycles.